The Kier molecular flexibility index (Phi) is 10.3. The lowest BCUT2D eigenvalue weighted by Gasteiger charge is -2.15. The van der Waals surface area contributed by atoms with Crippen LogP contribution in [0.15, 0.2) is 54.9 Å². The number of halogens is 2. The number of fused-ring (bicyclic) bond motifs is 1. The van der Waals surface area contributed by atoms with E-state index in [0.717, 1.165) is 24.0 Å². The van der Waals surface area contributed by atoms with Crippen LogP contribution in [0.2, 0.25) is 10.0 Å². The highest BCUT2D eigenvalue weighted by molar-refractivity contribution is 6.39. The highest BCUT2D eigenvalue weighted by atomic mass is 35.5. The van der Waals surface area contributed by atoms with E-state index in [1.54, 1.807) is 24.9 Å². The Balaban J connectivity index is 1.12. The van der Waals surface area contributed by atoms with Crippen molar-refractivity contribution in [3.05, 3.63) is 76.3 Å². The van der Waals surface area contributed by atoms with Crippen LogP contribution in [0.4, 0.5) is 0 Å². The number of ether oxygens (including phenoxy) is 2. The van der Waals surface area contributed by atoms with Gasteiger partial charge < -0.3 is 30.7 Å². The smallest absolute Gasteiger partial charge is 0.220 e. The van der Waals surface area contributed by atoms with Crippen molar-refractivity contribution in [2.75, 3.05) is 27.3 Å². The third kappa shape index (κ3) is 7.47. The molecule has 2 aliphatic rings. The molecule has 5 aromatic rings. The van der Waals surface area contributed by atoms with Gasteiger partial charge in [0.25, 0.3) is 0 Å². The monoisotopic (exact) mass is 729 g/mol. The Morgan fingerprint density at radius 1 is 0.863 bits per heavy atom. The van der Waals surface area contributed by atoms with Gasteiger partial charge in [0.2, 0.25) is 17.7 Å². The summed E-state index contributed by atoms with van der Waals surface area (Å²) in [5.74, 6) is 1.76. The van der Waals surface area contributed by atoms with Gasteiger partial charge >= 0.3 is 0 Å². The molecule has 2 unspecified atom stereocenters. The Morgan fingerprint density at radius 3 is 2.25 bits per heavy atom. The number of hydrogen-bond acceptors (Lipinski definition) is 10. The molecule has 2 amide bonds. The van der Waals surface area contributed by atoms with Crippen LogP contribution >= 0.6 is 23.2 Å². The quantitative estimate of drug-likeness (QED) is 0.135. The van der Waals surface area contributed by atoms with Gasteiger partial charge in [0.05, 0.1) is 42.2 Å². The fourth-order valence-electron chi connectivity index (χ4n) is 6.48. The van der Waals surface area contributed by atoms with Crippen LogP contribution in [0.5, 0.6) is 11.6 Å². The molecule has 264 valence electrons. The van der Waals surface area contributed by atoms with Crippen molar-refractivity contribution in [2.45, 2.75) is 50.9 Å². The summed E-state index contributed by atoms with van der Waals surface area (Å²) in [6.45, 7) is 2.27. The van der Waals surface area contributed by atoms with Crippen LogP contribution in [0, 0.1) is 0 Å². The maximum absolute atomic E-state index is 11.5. The zero-order chi connectivity index (χ0) is 35.5. The Labute approximate surface area is 304 Å². The molecular formula is C36H37Cl2N9O4. The van der Waals surface area contributed by atoms with E-state index in [2.05, 4.69) is 36.3 Å². The van der Waals surface area contributed by atoms with E-state index in [1.807, 2.05) is 48.7 Å². The first-order valence-electron chi connectivity index (χ1n) is 16.7. The number of rotatable bonds is 13. The van der Waals surface area contributed by atoms with Crippen molar-refractivity contribution in [3.63, 3.8) is 0 Å². The summed E-state index contributed by atoms with van der Waals surface area (Å²) in [7, 11) is 3.17. The Morgan fingerprint density at radius 2 is 1.57 bits per heavy atom. The molecule has 1 aromatic carbocycles. The average Bonchev–Trinajstić information content (AvgIpc) is 3.87. The summed E-state index contributed by atoms with van der Waals surface area (Å²) in [4.78, 5) is 37.1. The lowest BCUT2D eigenvalue weighted by Crippen LogP contribution is -2.35. The van der Waals surface area contributed by atoms with Gasteiger partial charge in [-0.2, -0.15) is 0 Å². The zero-order valence-corrected chi connectivity index (χ0v) is 29.6. The third-order valence-corrected chi connectivity index (χ3v) is 9.86. The summed E-state index contributed by atoms with van der Waals surface area (Å²) in [6.07, 6.45) is 6.26. The normalized spacial score (nSPS) is 17.2. The zero-order valence-electron chi connectivity index (χ0n) is 28.1. The summed E-state index contributed by atoms with van der Waals surface area (Å²) in [5, 5.41) is 18.2. The first kappa shape index (κ1) is 34.6. The van der Waals surface area contributed by atoms with E-state index in [0.29, 0.717) is 100 Å². The van der Waals surface area contributed by atoms with Gasteiger partial charge in [-0.3, -0.25) is 14.6 Å². The van der Waals surface area contributed by atoms with Crippen molar-refractivity contribution in [2.24, 2.45) is 0 Å². The standard InChI is InChI=1S/C36H37Cl2N9O4/c1-50-28-14-21(19-47-35(28)45-29(46-47)18-40-17-23-8-11-31(49)43-23)34-33(38)25(12-13-41-34)24-4-3-5-26(32(24)37)27-9-6-20(36(44-27)51-2)15-39-16-22-7-10-30(48)42-22/h3-6,9,12-14,19,22-23,39-40H,7-8,10-11,15-18H2,1-2H3,(H,42,48)(H,43,49). The Bertz CT molecular complexity index is 2110. The lowest BCUT2D eigenvalue weighted by molar-refractivity contribution is -0.120. The van der Waals surface area contributed by atoms with Crippen LogP contribution in [-0.4, -0.2) is 75.8 Å². The molecule has 0 saturated carbocycles. The molecule has 15 heteroatoms. The second kappa shape index (κ2) is 15.2. The molecule has 2 aliphatic heterocycles. The van der Waals surface area contributed by atoms with E-state index < -0.39 is 0 Å². The van der Waals surface area contributed by atoms with Gasteiger partial charge in [-0.1, -0.05) is 47.5 Å². The van der Waals surface area contributed by atoms with Gasteiger partial charge in [0, 0.05) is 84.8 Å². The predicted octanol–water partition coefficient (Wildman–Crippen LogP) is 4.58. The molecule has 51 heavy (non-hydrogen) atoms. The van der Waals surface area contributed by atoms with E-state index >= 15 is 0 Å². The number of aromatic nitrogens is 5. The lowest BCUT2D eigenvalue weighted by atomic mass is 10.00. The Hall–Kier alpha value is -4.82. The number of carbonyl (C=O) groups excluding carboxylic acids is 2. The van der Waals surface area contributed by atoms with Crippen LogP contribution in [0.3, 0.4) is 0 Å². The molecular weight excluding hydrogens is 693 g/mol. The van der Waals surface area contributed by atoms with Gasteiger partial charge in [0.15, 0.2) is 17.2 Å². The van der Waals surface area contributed by atoms with E-state index in [-0.39, 0.29) is 23.9 Å². The number of nitrogens with zero attached hydrogens (tertiary/aromatic N) is 5. The highest BCUT2D eigenvalue weighted by Crippen LogP contribution is 2.42. The second-order valence-electron chi connectivity index (χ2n) is 12.5. The number of pyridine rings is 3. The van der Waals surface area contributed by atoms with Crippen molar-refractivity contribution >= 4 is 40.7 Å². The molecule has 0 spiro atoms. The topological polar surface area (TPSA) is 157 Å². The third-order valence-electron chi connectivity index (χ3n) is 9.07. The van der Waals surface area contributed by atoms with Crippen LogP contribution in [0.1, 0.15) is 37.1 Å². The number of benzene rings is 1. The first-order chi connectivity index (χ1) is 24.8. The average molecular weight is 731 g/mol. The van der Waals surface area contributed by atoms with Crippen molar-refractivity contribution in [1.82, 2.24) is 45.8 Å². The molecule has 4 N–H and O–H groups in total. The fourth-order valence-corrected chi connectivity index (χ4v) is 7.12. The maximum atomic E-state index is 11.5. The van der Waals surface area contributed by atoms with Crippen LogP contribution < -0.4 is 30.7 Å². The van der Waals surface area contributed by atoms with Gasteiger partial charge in [0.1, 0.15) is 0 Å². The van der Waals surface area contributed by atoms with Gasteiger partial charge in [-0.25, -0.2) is 14.5 Å². The molecule has 6 heterocycles. The highest BCUT2D eigenvalue weighted by Gasteiger charge is 2.23. The van der Waals surface area contributed by atoms with Gasteiger partial charge in [-0.05, 0) is 31.0 Å². The molecule has 2 fully saturated rings. The van der Waals surface area contributed by atoms with E-state index in [9.17, 15) is 9.59 Å². The van der Waals surface area contributed by atoms with Crippen molar-refractivity contribution < 1.29 is 19.1 Å². The minimum atomic E-state index is 0.0808. The van der Waals surface area contributed by atoms with Crippen LogP contribution in [0.25, 0.3) is 39.3 Å². The second-order valence-corrected chi connectivity index (χ2v) is 13.3. The number of amides is 2. The number of nitrogens with one attached hydrogen (secondary N) is 4. The summed E-state index contributed by atoms with van der Waals surface area (Å²) in [6, 6.07) is 13.5. The summed E-state index contributed by atoms with van der Waals surface area (Å²) < 4.78 is 13.0. The fraction of sp³-hybridized carbons (Fsp3) is 0.333. The molecule has 7 rings (SSSR count). The van der Waals surface area contributed by atoms with Crippen molar-refractivity contribution in [1.29, 1.82) is 0 Å². The number of carbonyl (C=O) groups is 2. The maximum Gasteiger partial charge on any atom is 0.220 e. The predicted molar refractivity (Wildman–Crippen MR) is 194 cm³/mol. The summed E-state index contributed by atoms with van der Waals surface area (Å²) >= 11 is 14.2. The first-order valence-corrected chi connectivity index (χ1v) is 17.5. The molecule has 0 radical (unpaired) electrons. The van der Waals surface area contributed by atoms with Crippen molar-refractivity contribution in [3.8, 4) is 45.3 Å². The largest absolute Gasteiger partial charge is 0.493 e. The minimum absolute atomic E-state index is 0.0808. The molecule has 2 atom stereocenters. The molecule has 2 saturated heterocycles. The summed E-state index contributed by atoms with van der Waals surface area (Å²) in [5.41, 5.74) is 5.44. The molecule has 0 bridgehead atoms. The van der Waals surface area contributed by atoms with E-state index in [4.69, 9.17) is 37.7 Å². The SMILES string of the molecule is COc1nc(-c2cccc(-c3ccnc(-c4cc(OC)c5nc(CNCC6CCC(=O)N6)nn5c4)c3Cl)c2Cl)ccc1CNCC1CCC(=O)N1. The molecule has 4 aromatic heterocycles. The number of hydrogen-bond donors (Lipinski definition) is 4. The van der Waals surface area contributed by atoms with E-state index in [1.165, 1.54) is 0 Å². The van der Waals surface area contributed by atoms with Crippen LogP contribution in [-0.2, 0) is 22.7 Å². The molecule has 13 nitrogen and oxygen atoms in total. The van der Waals surface area contributed by atoms with Gasteiger partial charge in [-0.15, -0.1) is 5.10 Å². The number of methoxy groups -OCH3 is 2. The molecule has 0 aliphatic carbocycles. The minimum Gasteiger partial charge on any atom is -0.493 e.